The van der Waals surface area contributed by atoms with Gasteiger partial charge in [0.05, 0.1) is 5.56 Å². The Balaban J connectivity index is 0.000000192. The number of rotatable bonds is 2. The van der Waals surface area contributed by atoms with Crippen LogP contribution in [0, 0.1) is 18.6 Å². The molecule has 1 aromatic carbocycles. The summed E-state index contributed by atoms with van der Waals surface area (Å²) in [6, 6.07) is 5.27. The van der Waals surface area contributed by atoms with Gasteiger partial charge in [0.15, 0.2) is 5.65 Å². The number of halogens is 2. The number of aromatic amines is 2. The number of fused-ring (bicyclic) bond motifs is 1. The second-order valence-electron chi connectivity index (χ2n) is 6.76. The van der Waals surface area contributed by atoms with Gasteiger partial charge in [0.2, 0.25) is 0 Å². The molecule has 0 atom stereocenters. The van der Waals surface area contributed by atoms with Crippen molar-refractivity contribution in [3.63, 3.8) is 0 Å². The van der Waals surface area contributed by atoms with Gasteiger partial charge in [-0.15, -0.1) is 14.8 Å². The summed E-state index contributed by atoms with van der Waals surface area (Å²) < 4.78 is 25.8. The van der Waals surface area contributed by atoms with Gasteiger partial charge >= 0.3 is 5.69 Å². The fraction of sp³-hybridized carbons (Fsp3) is 0.211. The fourth-order valence-corrected chi connectivity index (χ4v) is 2.96. The molecule has 1 saturated carbocycles. The highest BCUT2D eigenvalue weighted by molar-refractivity contribution is 5.62. The Bertz CT molecular complexity index is 1260. The quantitative estimate of drug-likeness (QED) is 0.539. The second kappa shape index (κ2) is 7.38. The lowest BCUT2D eigenvalue weighted by Gasteiger charge is -2.04. The van der Waals surface area contributed by atoms with E-state index in [2.05, 4.69) is 25.1 Å². The minimum atomic E-state index is -0.539. The maximum absolute atomic E-state index is 12.2. The molecule has 0 bridgehead atoms. The molecule has 29 heavy (non-hydrogen) atoms. The molecule has 0 saturated heterocycles. The molecule has 0 spiro atoms. The molecule has 0 radical (unpaired) electrons. The van der Waals surface area contributed by atoms with E-state index in [9.17, 15) is 18.4 Å². The molecule has 0 aliphatic heterocycles. The van der Waals surface area contributed by atoms with Gasteiger partial charge in [-0.3, -0.25) is 9.78 Å². The van der Waals surface area contributed by atoms with Crippen LogP contribution in [0.5, 0.6) is 0 Å². The molecule has 4 aromatic rings. The lowest BCUT2D eigenvalue weighted by atomic mass is 10.1. The van der Waals surface area contributed by atoms with Crippen molar-refractivity contribution in [3.8, 4) is 11.3 Å². The molecule has 0 amide bonds. The molecule has 5 rings (SSSR count). The largest absolute Gasteiger partial charge is 0.325 e. The van der Waals surface area contributed by atoms with Gasteiger partial charge < -0.3 is 4.98 Å². The van der Waals surface area contributed by atoms with Crippen molar-refractivity contribution >= 4 is 5.65 Å². The van der Waals surface area contributed by atoms with Gasteiger partial charge in [0.1, 0.15) is 23.7 Å². The number of benzene rings is 1. The third-order valence-electron chi connectivity index (χ3n) is 4.40. The van der Waals surface area contributed by atoms with Crippen molar-refractivity contribution in [1.29, 1.82) is 0 Å². The Morgan fingerprint density at radius 2 is 1.83 bits per heavy atom. The van der Waals surface area contributed by atoms with Crippen molar-refractivity contribution in [2.45, 2.75) is 25.7 Å². The molecule has 1 fully saturated rings. The molecule has 0 unspecified atom stereocenters. The van der Waals surface area contributed by atoms with Crippen molar-refractivity contribution in [3.05, 3.63) is 80.4 Å². The molecule has 1 aliphatic rings. The summed E-state index contributed by atoms with van der Waals surface area (Å²) >= 11 is 0. The van der Waals surface area contributed by atoms with Crippen LogP contribution in [-0.4, -0.2) is 29.8 Å². The van der Waals surface area contributed by atoms with E-state index in [1.54, 1.807) is 6.92 Å². The van der Waals surface area contributed by atoms with E-state index in [0.29, 0.717) is 22.7 Å². The highest BCUT2D eigenvalue weighted by Gasteiger charge is 2.28. The van der Waals surface area contributed by atoms with Crippen LogP contribution in [0.25, 0.3) is 16.9 Å². The van der Waals surface area contributed by atoms with Gasteiger partial charge in [-0.25, -0.2) is 18.6 Å². The average molecular weight is 398 g/mol. The van der Waals surface area contributed by atoms with E-state index in [1.165, 1.54) is 29.3 Å². The molecular formula is C19H16F2N6O2. The Morgan fingerprint density at radius 3 is 2.45 bits per heavy atom. The molecule has 2 N–H and O–H groups in total. The van der Waals surface area contributed by atoms with Gasteiger partial charge in [-0.05, 0) is 49.4 Å². The van der Waals surface area contributed by atoms with Gasteiger partial charge in [-0.2, -0.15) is 0 Å². The molecule has 1 aliphatic carbocycles. The highest BCUT2D eigenvalue weighted by Crippen LogP contribution is 2.42. The summed E-state index contributed by atoms with van der Waals surface area (Å²) in [5.41, 5.74) is 2.14. The third kappa shape index (κ3) is 4.10. The zero-order valence-electron chi connectivity index (χ0n) is 15.3. The van der Waals surface area contributed by atoms with E-state index >= 15 is 0 Å². The zero-order valence-corrected chi connectivity index (χ0v) is 15.3. The van der Waals surface area contributed by atoms with Crippen LogP contribution in [0.3, 0.4) is 0 Å². The van der Waals surface area contributed by atoms with Gasteiger partial charge in [0, 0.05) is 17.8 Å². The standard InChI is InChI=1S/C12H10N6O2.C7H6F2/c19-11-8(4-13-12(20)16-11)9-3-7(6-1-2-6)10-14-5-15-18(10)17-9;1-5-2-6(8)4-7(9)3-5/h3-6H,1-2H2,(H2,13,16,19,20);2-4H,1H3. The lowest BCUT2D eigenvalue weighted by molar-refractivity contribution is 0.581. The Labute approximate surface area is 162 Å². The first kappa shape index (κ1) is 18.7. The molecule has 10 heteroatoms. The molecule has 3 heterocycles. The number of hydrogen-bond donors (Lipinski definition) is 2. The van der Waals surface area contributed by atoms with Crippen LogP contribution in [0.15, 0.2) is 46.4 Å². The zero-order chi connectivity index (χ0) is 20.5. The first-order valence-corrected chi connectivity index (χ1v) is 8.87. The van der Waals surface area contributed by atoms with Crippen LogP contribution in [0.4, 0.5) is 8.78 Å². The monoisotopic (exact) mass is 398 g/mol. The maximum atomic E-state index is 12.2. The molecular weight excluding hydrogens is 382 g/mol. The Morgan fingerprint density at radius 1 is 1.10 bits per heavy atom. The summed E-state index contributed by atoms with van der Waals surface area (Å²) in [6.07, 6.45) is 5.01. The van der Waals surface area contributed by atoms with Crippen LogP contribution in [-0.2, 0) is 0 Å². The van der Waals surface area contributed by atoms with Crippen LogP contribution >= 0.6 is 0 Å². The number of nitrogens with one attached hydrogen (secondary N) is 2. The third-order valence-corrected chi connectivity index (χ3v) is 4.40. The predicted molar refractivity (Wildman–Crippen MR) is 101 cm³/mol. The molecule has 8 nitrogen and oxygen atoms in total. The number of nitrogens with zero attached hydrogens (tertiary/aromatic N) is 4. The molecule has 148 valence electrons. The summed E-state index contributed by atoms with van der Waals surface area (Å²) in [7, 11) is 0. The van der Waals surface area contributed by atoms with Gasteiger partial charge in [-0.1, -0.05) is 0 Å². The van der Waals surface area contributed by atoms with Crippen LogP contribution < -0.4 is 11.2 Å². The van der Waals surface area contributed by atoms with Gasteiger partial charge in [0.25, 0.3) is 5.56 Å². The smallest absolute Gasteiger partial charge is 0.313 e. The van der Waals surface area contributed by atoms with Crippen molar-refractivity contribution in [2.75, 3.05) is 0 Å². The normalized spacial score (nSPS) is 13.2. The first-order valence-electron chi connectivity index (χ1n) is 8.87. The van der Waals surface area contributed by atoms with E-state index in [0.717, 1.165) is 30.1 Å². The number of aromatic nitrogens is 6. The lowest BCUT2D eigenvalue weighted by Crippen LogP contribution is -2.23. The first-order chi connectivity index (χ1) is 13.9. The Kier molecular flexibility index (Phi) is 4.75. The van der Waals surface area contributed by atoms with E-state index in [4.69, 9.17) is 0 Å². The minimum Gasteiger partial charge on any atom is -0.313 e. The average Bonchev–Trinajstić information content (AvgIpc) is 3.37. The number of aryl methyl sites for hydroxylation is 1. The second-order valence-corrected chi connectivity index (χ2v) is 6.76. The molecule has 3 aromatic heterocycles. The van der Waals surface area contributed by atoms with Crippen molar-refractivity contribution < 1.29 is 8.78 Å². The summed E-state index contributed by atoms with van der Waals surface area (Å²) in [5, 5.41) is 8.30. The van der Waals surface area contributed by atoms with Crippen LogP contribution in [0.1, 0.15) is 29.9 Å². The van der Waals surface area contributed by atoms with Crippen LogP contribution in [0.2, 0.25) is 0 Å². The number of H-pyrrole nitrogens is 2. The summed E-state index contributed by atoms with van der Waals surface area (Å²) in [6.45, 7) is 1.64. The SMILES string of the molecule is Cc1cc(F)cc(F)c1.O=c1[nH]cc(-c2cc(C3CC3)c3ncnn3n2)c(=O)[nH]1. The highest BCUT2D eigenvalue weighted by atomic mass is 19.1. The Hall–Kier alpha value is -3.69. The minimum absolute atomic E-state index is 0.309. The summed E-state index contributed by atoms with van der Waals surface area (Å²) in [4.78, 5) is 31.8. The topological polar surface area (TPSA) is 109 Å². The van der Waals surface area contributed by atoms with Crippen molar-refractivity contribution in [1.82, 2.24) is 29.8 Å². The predicted octanol–water partition coefficient (Wildman–Crippen LogP) is 2.32. The maximum Gasteiger partial charge on any atom is 0.325 e. The van der Waals surface area contributed by atoms with E-state index in [1.807, 2.05) is 6.07 Å². The fourth-order valence-electron chi connectivity index (χ4n) is 2.96. The number of hydrogen-bond acceptors (Lipinski definition) is 5. The summed E-state index contributed by atoms with van der Waals surface area (Å²) in [5.74, 6) is -0.592. The van der Waals surface area contributed by atoms with E-state index < -0.39 is 22.9 Å². The van der Waals surface area contributed by atoms with Crippen molar-refractivity contribution in [2.24, 2.45) is 0 Å². The van der Waals surface area contributed by atoms with E-state index in [-0.39, 0.29) is 0 Å².